The van der Waals surface area contributed by atoms with Gasteiger partial charge in [-0.15, -0.1) is 0 Å². The summed E-state index contributed by atoms with van der Waals surface area (Å²) in [6.45, 7) is 0.975. The molecule has 3 nitrogen and oxygen atoms in total. The van der Waals surface area contributed by atoms with Crippen LogP contribution in [0, 0.1) is 23.6 Å². The zero-order chi connectivity index (χ0) is 20.5. The van der Waals surface area contributed by atoms with Gasteiger partial charge in [0.2, 0.25) is 5.91 Å². The van der Waals surface area contributed by atoms with Gasteiger partial charge in [-0.2, -0.15) is 0 Å². The fraction of sp³-hybridized carbons (Fsp3) is 0.462. The number of hydrogen-bond donors (Lipinski definition) is 0. The zero-order valence-corrected chi connectivity index (χ0v) is 17.3. The molecule has 0 bridgehead atoms. The second-order valence-electron chi connectivity index (χ2n) is 9.14. The summed E-state index contributed by atoms with van der Waals surface area (Å²) in [4.78, 5) is 19.2. The highest BCUT2D eigenvalue weighted by Gasteiger charge is 2.46. The maximum absolute atomic E-state index is 13.5. The predicted molar refractivity (Wildman–Crippen MR) is 117 cm³/mol. The van der Waals surface area contributed by atoms with E-state index in [4.69, 9.17) is 0 Å². The van der Waals surface area contributed by atoms with E-state index < -0.39 is 0 Å². The molecule has 4 atom stereocenters. The van der Waals surface area contributed by atoms with Crippen molar-refractivity contribution in [3.05, 3.63) is 60.1 Å². The van der Waals surface area contributed by atoms with E-state index in [1.807, 2.05) is 18.3 Å². The van der Waals surface area contributed by atoms with Crippen molar-refractivity contribution >= 4 is 12.0 Å². The molecule has 2 saturated heterocycles. The van der Waals surface area contributed by atoms with Crippen LogP contribution in [0.25, 0.3) is 17.3 Å². The standard InChI is InChI=1S/C26H29FN2O/c27-21-7-4-6-19(15-21)24-12-10-18(16-28-24)9-11-23-22-8-3-1-2-5-20(22)17-29-25(23)13-14-26(29)30/h4,6-7,9-12,15-16,20,22-23,25H,1-3,5,8,13-14,17H2/b11-9+/t20?,22?,23?,25-/m1/s1. The molecule has 3 heterocycles. The lowest BCUT2D eigenvalue weighted by atomic mass is 9.71. The van der Waals surface area contributed by atoms with Crippen LogP contribution in [0.15, 0.2) is 48.7 Å². The van der Waals surface area contributed by atoms with Crippen molar-refractivity contribution < 1.29 is 9.18 Å². The summed E-state index contributed by atoms with van der Waals surface area (Å²) in [5.74, 6) is 1.88. The Hall–Kier alpha value is -2.49. The average Bonchev–Trinajstić information content (AvgIpc) is 2.97. The number of carbonyl (C=O) groups is 1. The predicted octanol–water partition coefficient (Wildman–Crippen LogP) is 5.72. The van der Waals surface area contributed by atoms with Crippen LogP contribution in [0.3, 0.4) is 0 Å². The van der Waals surface area contributed by atoms with E-state index in [1.165, 1.54) is 44.2 Å². The molecule has 3 aliphatic rings. The summed E-state index contributed by atoms with van der Waals surface area (Å²) < 4.78 is 13.5. The van der Waals surface area contributed by atoms with Crippen molar-refractivity contribution in [1.82, 2.24) is 9.88 Å². The number of carbonyl (C=O) groups excluding carboxylic acids is 1. The van der Waals surface area contributed by atoms with E-state index in [0.29, 0.717) is 36.1 Å². The molecule has 1 saturated carbocycles. The number of benzene rings is 1. The summed E-state index contributed by atoms with van der Waals surface area (Å²) in [6.07, 6.45) is 14.6. The lowest BCUT2D eigenvalue weighted by molar-refractivity contribution is -0.132. The minimum absolute atomic E-state index is 0.246. The van der Waals surface area contributed by atoms with Crippen molar-refractivity contribution in [2.45, 2.75) is 51.0 Å². The topological polar surface area (TPSA) is 33.2 Å². The number of rotatable bonds is 3. The van der Waals surface area contributed by atoms with Crippen molar-refractivity contribution in [2.24, 2.45) is 17.8 Å². The Balaban J connectivity index is 1.38. The van der Waals surface area contributed by atoms with Gasteiger partial charge in [0.05, 0.1) is 5.69 Å². The van der Waals surface area contributed by atoms with E-state index in [-0.39, 0.29) is 5.82 Å². The van der Waals surface area contributed by atoms with Gasteiger partial charge >= 0.3 is 0 Å². The second-order valence-corrected chi connectivity index (χ2v) is 9.14. The Labute approximate surface area is 178 Å². The zero-order valence-electron chi connectivity index (χ0n) is 17.3. The number of halogens is 1. The Kier molecular flexibility index (Phi) is 5.41. The molecule has 1 aliphatic carbocycles. The third kappa shape index (κ3) is 3.80. The number of hydrogen-bond acceptors (Lipinski definition) is 2. The molecule has 3 fully saturated rings. The molecule has 2 aromatic rings. The number of pyridine rings is 1. The minimum Gasteiger partial charge on any atom is -0.339 e. The normalized spacial score (nSPS) is 29.0. The summed E-state index contributed by atoms with van der Waals surface area (Å²) in [6, 6.07) is 10.9. The molecule has 0 spiro atoms. The number of aromatic nitrogens is 1. The van der Waals surface area contributed by atoms with Gasteiger partial charge in [-0.3, -0.25) is 9.78 Å². The Morgan fingerprint density at radius 1 is 1.07 bits per heavy atom. The molecule has 4 heteroatoms. The molecular formula is C26H29FN2O. The summed E-state index contributed by atoms with van der Waals surface area (Å²) >= 11 is 0. The summed E-state index contributed by atoms with van der Waals surface area (Å²) in [5.41, 5.74) is 2.63. The van der Waals surface area contributed by atoms with Gasteiger partial charge in [-0.05, 0) is 54.9 Å². The molecule has 3 unspecified atom stereocenters. The third-order valence-corrected chi connectivity index (χ3v) is 7.38. The highest BCUT2D eigenvalue weighted by molar-refractivity contribution is 5.79. The first-order chi connectivity index (χ1) is 14.7. The monoisotopic (exact) mass is 404 g/mol. The summed E-state index contributed by atoms with van der Waals surface area (Å²) in [5, 5.41) is 0. The largest absolute Gasteiger partial charge is 0.339 e. The van der Waals surface area contributed by atoms with Gasteiger partial charge < -0.3 is 4.90 Å². The van der Waals surface area contributed by atoms with Crippen LogP contribution < -0.4 is 0 Å². The van der Waals surface area contributed by atoms with Gasteiger partial charge in [0.1, 0.15) is 5.82 Å². The highest BCUT2D eigenvalue weighted by atomic mass is 19.1. The number of nitrogens with zero attached hydrogens (tertiary/aromatic N) is 2. The van der Waals surface area contributed by atoms with Crippen LogP contribution in [0.2, 0.25) is 0 Å². The van der Waals surface area contributed by atoms with E-state index in [2.05, 4.69) is 28.1 Å². The van der Waals surface area contributed by atoms with Crippen molar-refractivity contribution in [2.75, 3.05) is 6.54 Å². The highest BCUT2D eigenvalue weighted by Crippen LogP contribution is 2.45. The van der Waals surface area contributed by atoms with Gasteiger partial charge in [-0.1, -0.05) is 49.6 Å². The quantitative estimate of drug-likeness (QED) is 0.656. The first-order valence-corrected chi connectivity index (χ1v) is 11.4. The van der Waals surface area contributed by atoms with Crippen LogP contribution in [0.1, 0.15) is 50.5 Å². The van der Waals surface area contributed by atoms with Gasteiger partial charge in [0.25, 0.3) is 0 Å². The molecule has 1 amide bonds. The molecule has 1 aromatic carbocycles. The summed E-state index contributed by atoms with van der Waals surface area (Å²) in [7, 11) is 0. The van der Waals surface area contributed by atoms with Crippen LogP contribution in [0.5, 0.6) is 0 Å². The Bertz CT molecular complexity index is 938. The SMILES string of the molecule is O=C1CC[C@@H]2C(/C=C/c3ccc(-c4cccc(F)c4)nc3)C3CCCCCC3CN12. The van der Waals surface area contributed by atoms with Crippen molar-refractivity contribution in [3.8, 4) is 11.3 Å². The fourth-order valence-electron chi connectivity index (χ4n) is 5.89. The lowest BCUT2D eigenvalue weighted by Gasteiger charge is -2.45. The maximum Gasteiger partial charge on any atom is 0.222 e. The van der Waals surface area contributed by atoms with E-state index >= 15 is 0 Å². The maximum atomic E-state index is 13.5. The molecule has 0 radical (unpaired) electrons. The molecule has 156 valence electrons. The number of piperidine rings is 1. The van der Waals surface area contributed by atoms with Crippen LogP contribution in [-0.2, 0) is 4.79 Å². The van der Waals surface area contributed by atoms with Crippen molar-refractivity contribution in [3.63, 3.8) is 0 Å². The minimum atomic E-state index is -0.246. The first-order valence-electron chi connectivity index (χ1n) is 11.4. The first kappa shape index (κ1) is 19.5. The molecule has 1 aromatic heterocycles. The number of amides is 1. The molecule has 0 N–H and O–H groups in total. The van der Waals surface area contributed by atoms with Gasteiger partial charge in [0.15, 0.2) is 0 Å². The fourth-order valence-corrected chi connectivity index (χ4v) is 5.89. The van der Waals surface area contributed by atoms with Crippen molar-refractivity contribution in [1.29, 1.82) is 0 Å². The lowest BCUT2D eigenvalue weighted by Crippen LogP contribution is -2.50. The van der Waals surface area contributed by atoms with Crippen LogP contribution >= 0.6 is 0 Å². The Morgan fingerprint density at radius 2 is 1.97 bits per heavy atom. The number of fused-ring (bicyclic) bond motifs is 2. The van der Waals surface area contributed by atoms with Gasteiger partial charge in [-0.25, -0.2) is 4.39 Å². The molecule has 5 rings (SSSR count). The smallest absolute Gasteiger partial charge is 0.222 e. The van der Waals surface area contributed by atoms with Crippen LogP contribution in [0.4, 0.5) is 4.39 Å². The van der Waals surface area contributed by atoms with E-state index in [9.17, 15) is 9.18 Å². The van der Waals surface area contributed by atoms with Crippen LogP contribution in [-0.4, -0.2) is 28.4 Å². The Morgan fingerprint density at radius 3 is 2.80 bits per heavy atom. The van der Waals surface area contributed by atoms with Gasteiger partial charge in [0, 0.05) is 36.7 Å². The molecular weight excluding hydrogens is 375 g/mol. The average molecular weight is 405 g/mol. The molecule has 30 heavy (non-hydrogen) atoms. The van der Waals surface area contributed by atoms with E-state index in [0.717, 1.165) is 29.8 Å². The van der Waals surface area contributed by atoms with E-state index in [1.54, 1.807) is 6.07 Å². The third-order valence-electron chi connectivity index (χ3n) is 7.38. The molecule has 2 aliphatic heterocycles. The second kappa shape index (κ2) is 8.33.